The van der Waals surface area contributed by atoms with E-state index in [1.807, 2.05) is 12.1 Å². The first kappa shape index (κ1) is 14.2. The lowest BCUT2D eigenvalue weighted by atomic mass is 10.0. The number of aryl methyl sites for hydroxylation is 1. The number of carboxylic acid groups (broad SMARTS) is 1. The first-order valence-corrected chi connectivity index (χ1v) is 6.45. The van der Waals surface area contributed by atoms with Gasteiger partial charge in [-0.1, -0.05) is 25.5 Å². The lowest BCUT2D eigenvalue weighted by Crippen LogP contribution is -2.47. The van der Waals surface area contributed by atoms with Crippen molar-refractivity contribution in [3.63, 3.8) is 0 Å². The number of hydrogen-bond donors (Lipinski definition) is 1. The molecule has 4 nitrogen and oxygen atoms in total. The van der Waals surface area contributed by atoms with Crippen molar-refractivity contribution in [2.75, 3.05) is 6.54 Å². The number of carbonyl (C=O) groups is 1. The van der Waals surface area contributed by atoms with Crippen LogP contribution in [-0.2, 0) is 11.2 Å². The van der Waals surface area contributed by atoms with Gasteiger partial charge in [-0.3, -0.25) is 4.99 Å². The van der Waals surface area contributed by atoms with Crippen LogP contribution in [0.1, 0.15) is 18.9 Å². The van der Waals surface area contributed by atoms with E-state index in [2.05, 4.69) is 11.9 Å². The first-order valence-electron chi connectivity index (χ1n) is 6.45. The normalized spacial score (nSPS) is 21.4. The third-order valence-electron chi connectivity index (χ3n) is 3.04. The standard InChI is InChI=1S/C15H16FNO3/c1-2-3-11-4-6-13(7-5-11)20-15(14(18)19)8-12(16)9-17-10-15/h4-9H,2-3,10H2,1H3,(H,18,19). The maximum Gasteiger partial charge on any atom is 0.354 e. The van der Waals surface area contributed by atoms with Crippen LogP contribution in [-0.4, -0.2) is 29.4 Å². The summed E-state index contributed by atoms with van der Waals surface area (Å²) in [5.74, 6) is -1.59. The van der Waals surface area contributed by atoms with E-state index in [1.54, 1.807) is 12.1 Å². The fourth-order valence-electron chi connectivity index (χ4n) is 2.03. The monoisotopic (exact) mass is 277 g/mol. The zero-order valence-corrected chi connectivity index (χ0v) is 11.2. The maximum absolute atomic E-state index is 13.3. The first-order chi connectivity index (χ1) is 9.55. The van der Waals surface area contributed by atoms with Crippen LogP contribution in [0, 0.1) is 0 Å². The summed E-state index contributed by atoms with van der Waals surface area (Å²) in [6.45, 7) is 1.93. The molecule has 20 heavy (non-hydrogen) atoms. The van der Waals surface area contributed by atoms with Gasteiger partial charge in [-0.2, -0.15) is 0 Å². The Morgan fingerprint density at radius 1 is 1.45 bits per heavy atom. The van der Waals surface area contributed by atoms with Gasteiger partial charge in [0.2, 0.25) is 5.60 Å². The highest BCUT2D eigenvalue weighted by molar-refractivity contribution is 5.87. The minimum atomic E-state index is -1.77. The van der Waals surface area contributed by atoms with Crippen LogP contribution in [0.3, 0.4) is 0 Å². The minimum absolute atomic E-state index is 0.146. The minimum Gasteiger partial charge on any atom is -0.478 e. The molecule has 0 saturated heterocycles. The van der Waals surface area contributed by atoms with Crippen molar-refractivity contribution in [3.05, 3.63) is 41.7 Å². The van der Waals surface area contributed by atoms with Gasteiger partial charge in [-0.25, -0.2) is 9.18 Å². The summed E-state index contributed by atoms with van der Waals surface area (Å²) in [5.41, 5.74) is -0.627. The Hall–Kier alpha value is -2.17. The highest BCUT2D eigenvalue weighted by atomic mass is 19.1. The molecule has 0 fully saturated rings. The molecular weight excluding hydrogens is 261 g/mol. The summed E-state index contributed by atoms with van der Waals surface area (Å²) in [6.07, 6.45) is 3.92. The van der Waals surface area contributed by atoms with Gasteiger partial charge in [0.15, 0.2) is 0 Å². The summed E-state index contributed by atoms with van der Waals surface area (Å²) in [6, 6.07) is 7.14. The summed E-state index contributed by atoms with van der Waals surface area (Å²) < 4.78 is 18.8. The zero-order valence-electron chi connectivity index (χ0n) is 11.2. The van der Waals surface area contributed by atoms with Crippen molar-refractivity contribution in [1.29, 1.82) is 0 Å². The van der Waals surface area contributed by atoms with Crippen molar-refractivity contribution in [2.24, 2.45) is 4.99 Å². The second kappa shape index (κ2) is 5.86. The van der Waals surface area contributed by atoms with Crippen LogP contribution >= 0.6 is 0 Å². The number of halogens is 1. The molecule has 5 heteroatoms. The second-order valence-corrected chi connectivity index (χ2v) is 4.69. The van der Waals surface area contributed by atoms with E-state index < -0.39 is 17.4 Å². The number of aliphatic imine (C=N–C) groups is 1. The number of carboxylic acids is 1. The molecule has 1 aromatic rings. The molecule has 1 aromatic carbocycles. The van der Waals surface area contributed by atoms with Crippen LogP contribution in [0.5, 0.6) is 5.75 Å². The Morgan fingerprint density at radius 2 is 2.15 bits per heavy atom. The molecule has 0 amide bonds. The van der Waals surface area contributed by atoms with E-state index in [0.717, 1.165) is 30.7 Å². The lowest BCUT2D eigenvalue weighted by Gasteiger charge is -2.27. The SMILES string of the molecule is CCCc1ccc(OC2(C(=O)O)C=C(F)C=NC2)cc1. The Labute approximate surface area is 116 Å². The molecule has 1 aliphatic rings. The second-order valence-electron chi connectivity index (χ2n) is 4.69. The smallest absolute Gasteiger partial charge is 0.354 e. The number of hydrogen-bond acceptors (Lipinski definition) is 3. The van der Waals surface area contributed by atoms with Gasteiger partial charge >= 0.3 is 5.97 Å². The number of ether oxygens (including phenoxy) is 1. The predicted octanol–water partition coefficient (Wildman–Crippen LogP) is 2.78. The third kappa shape index (κ3) is 3.04. The third-order valence-corrected chi connectivity index (χ3v) is 3.04. The number of rotatable bonds is 5. The molecule has 106 valence electrons. The fraction of sp³-hybridized carbons (Fsp3) is 0.333. The molecule has 0 aromatic heterocycles. The van der Waals surface area contributed by atoms with E-state index >= 15 is 0 Å². The summed E-state index contributed by atoms with van der Waals surface area (Å²) in [4.78, 5) is 15.1. The summed E-state index contributed by atoms with van der Waals surface area (Å²) in [5, 5.41) is 9.30. The van der Waals surface area contributed by atoms with Crippen molar-refractivity contribution < 1.29 is 19.0 Å². The van der Waals surface area contributed by atoms with Crippen molar-refractivity contribution in [3.8, 4) is 5.75 Å². The topological polar surface area (TPSA) is 58.9 Å². The highest BCUT2D eigenvalue weighted by Crippen LogP contribution is 2.25. The average Bonchev–Trinajstić information content (AvgIpc) is 2.41. The fourth-order valence-corrected chi connectivity index (χ4v) is 2.03. The molecule has 0 spiro atoms. The van der Waals surface area contributed by atoms with Gasteiger partial charge in [0, 0.05) is 6.08 Å². The Morgan fingerprint density at radius 3 is 2.70 bits per heavy atom. The van der Waals surface area contributed by atoms with Crippen LogP contribution in [0.25, 0.3) is 0 Å². The molecule has 1 atom stereocenters. The van der Waals surface area contributed by atoms with Crippen molar-refractivity contribution >= 4 is 12.2 Å². The van der Waals surface area contributed by atoms with E-state index in [9.17, 15) is 14.3 Å². The number of dihydropyridines is 1. The molecular formula is C15H16FNO3. The molecule has 1 heterocycles. The van der Waals surface area contributed by atoms with Crippen molar-refractivity contribution in [1.82, 2.24) is 0 Å². The quantitative estimate of drug-likeness (QED) is 0.900. The predicted molar refractivity (Wildman–Crippen MR) is 74.0 cm³/mol. The molecule has 2 rings (SSSR count). The zero-order chi connectivity index (χ0) is 14.6. The maximum atomic E-state index is 13.3. The average molecular weight is 277 g/mol. The number of allylic oxidation sites excluding steroid dienone is 1. The number of nitrogens with zero attached hydrogens (tertiary/aromatic N) is 1. The molecule has 0 saturated carbocycles. The molecule has 0 aliphatic carbocycles. The Bertz CT molecular complexity index is 551. The van der Waals surface area contributed by atoms with Crippen LogP contribution < -0.4 is 4.74 Å². The number of benzene rings is 1. The van der Waals surface area contributed by atoms with E-state index in [0.29, 0.717) is 5.75 Å². The molecule has 1 N–H and O–H groups in total. The summed E-state index contributed by atoms with van der Waals surface area (Å²) >= 11 is 0. The molecule has 0 radical (unpaired) electrons. The largest absolute Gasteiger partial charge is 0.478 e. The van der Waals surface area contributed by atoms with Gasteiger partial charge < -0.3 is 9.84 Å². The molecule has 0 bridgehead atoms. The molecule has 1 unspecified atom stereocenters. The van der Waals surface area contributed by atoms with E-state index in [-0.39, 0.29) is 6.54 Å². The van der Waals surface area contributed by atoms with Crippen molar-refractivity contribution in [2.45, 2.75) is 25.4 Å². The van der Waals surface area contributed by atoms with E-state index in [4.69, 9.17) is 4.74 Å². The molecule has 1 aliphatic heterocycles. The van der Waals surface area contributed by atoms with Gasteiger partial charge in [-0.15, -0.1) is 0 Å². The Balaban J connectivity index is 2.21. The van der Waals surface area contributed by atoms with Crippen LogP contribution in [0.4, 0.5) is 4.39 Å². The Kier molecular flexibility index (Phi) is 4.17. The van der Waals surface area contributed by atoms with Crippen LogP contribution in [0.2, 0.25) is 0 Å². The van der Waals surface area contributed by atoms with Gasteiger partial charge in [-0.05, 0) is 24.1 Å². The van der Waals surface area contributed by atoms with Gasteiger partial charge in [0.1, 0.15) is 11.6 Å². The van der Waals surface area contributed by atoms with Gasteiger partial charge in [0.05, 0.1) is 12.8 Å². The highest BCUT2D eigenvalue weighted by Gasteiger charge is 2.41. The number of aliphatic carboxylic acids is 1. The summed E-state index contributed by atoms with van der Waals surface area (Å²) in [7, 11) is 0. The lowest BCUT2D eigenvalue weighted by molar-refractivity contribution is -0.150. The van der Waals surface area contributed by atoms with E-state index in [1.165, 1.54) is 0 Å². The van der Waals surface area contributed by atoms with Crippen LogP contribution in [0.15, 0.2) is 41.2 Å². The van der Waals surface area contributed by atoms with Gasteiger partial charge in [0.25, 0.3) is 0 Å².